The molecule has 0 aliphatic rings. The average molecular weight is 403 g/mol. The van der Waals surface area contributed by atoms with Crippen molar-refractivity contribution >= 4 is 43.3 Å². The van der Waals surface area contributed by atoms with Gasteiger partial charge in [-0.1, -0.05) is 19.1 Å². The van der Waals surface area contributed by atoms with Gasteiger partial charge in [-0.05, 0) is 18.6 Å². The lowest BCUT2D eigenvalue weighted by atomic mass is 10.3. The molecule has 0 aliphatic carbocycles. The van der Waals surface area contributed by atoms with Crippen LogP contribution >= 0.6 is 37.2 Å². The zero-order valence-corrected chi connectivity index (χ0v) is 11.6. The van der Waals surface area contributed by atoms with Crippen molar-refractivity contribution in [1.82, 2.24) is 4.98 Å². The van der Waals surface area contributed by atoms with E-state index < -0.39 is 0 Å². The van der Waals surface area contributed by atoms with Crippen molar-refractivity contribution in [3.8, 4) is 0 Å². The van der Waals surface area contributed by atoms with E-state index in [0.717, 1.165) is 12.1 Å². The van der Waals surface area contributed by atoms with Crippen molar-refractivity contribution in [1.29, 1.82) is 0 Å². The number of allylic oxidation sites excluding steroid dienone is 1. The fraction of sp³-hybridized carbons (Fsp3) is 0.222. The summed E-state index contributed by atoms with van der Waals surface area (Å²) in [6, 6.07) is 5.12. The average Bonchev–Trinajstić information content (AvgIpc) is 2.18. The van der Waals surface area contributed by atoms with E-state index in [-0.39, 0.29) is 5.56 Å². The van der Waals surface area contributed by atoms with Crippen molar-refractivity contribution in [3.05, 3.63) is 40.3 Å². The molecule has 1 heterocycles. The molecule has 0 unspecified atom stereocenters. The predicted octanol–water partition coefficient (Wildman–Crippen LogP) is 3.57. The second-order valence-electron chi connectivity index (χ2n) is 2.28. The van der Waals surface area contributed by atoms with Gasteiger partial charge in [0.05, 0.1) is 0 Å². The summed E-state index contributed by atoms with van der Waals surface area (Å²) in [7, 11) is 0. The monoisotopic (exact) mass is 403 g/mol. The molecule has 1 N–H and O–H groups in total. The van der Waals surface area contributed by atoms with Gasteiger partial charge in [-0.15, -0.1) is 0 Å². The molecule has 4 heteroatoms. The number of H-pyrrole nitrogens is 1. The maximum atomic E-state index is 10.8. The van der Waals surface area contributed by atoms with E-state index in [0.29, 0.717) is 0 Å². The summed E-state index contributed by atoms with van der Waals surface area (Å²) < 4.78 is 0. The van der Waals surface area contributed by atoms with E-state index in [9.17, 15) is 4.79 Å². The Hall–Kier alpha value is 0.150. The van der Waals surface area contributed by atoms with Gasteiger partial charge < -0.3 is 4.98 Å². The van der Waals surface area contributed by atoms with Gasteiger partial charge in [0.15, 0.2) is 0 Å². The minimum atomic E-state index is -0.0525. The Morgan fingerprint density at radius 3 is 2.69 bits per heavy atom. The molecule has 0 fully saturated rings. The van der Waals surface area contributed by atoms with E-state index in [1.54, 1.807) is 6.07 Å². The first-order chi connectivity index (χ1) is 6.33. The fourth-order valence-corrected chi connectivity index (χ4v) is 0.807. The maximum absolute atomic E-state index is 10.8. The van der Waals surface area contributed by atoms with E-state index >= 15 is 0 Å². The third-order valence-corrected chi connectivity index (χ3v) is 1.32. The van der Waals surface area contributed by atoms with Crippen LogP contribution < -0.4 is 5.56 Å². The van der Waals surface area contributed by atoms with Crippen LogP contribution in [0.25, 0.3) is 6.08 Å². The van der Waals surface area contributed by atoms with Gasteiger partial charge >= 0.3 is 0 Å². The normalized spacial score (nSPS) is 9.46. The Balaban J connectivity index is 0.000000671. The Morgan fingerprint density at radius 1 is 1.46 bits per heavy atom. The van der Waals surface area contributed by atoms with Gasteiger partial charge in [0.2, 0.25) is 5.56 Å². The van der Waals surface area contributed by atoms with Crippen LogP contribution in [0.15, 0.2) is 29.1 Å². The molecule has 1 rings (SSSR count). The summed E-state index contributed by atoms with van der Waals surface area (Å²) in [6.07, 6.45) is 4.89. The van der Waals surface area contributed by atoms with Crippen molar-refractivity contribution in [2.45, 2.75) is 13.3 Å². The van der Waals surface area contributed by atoms with Gasteiger partial charge in [0.1, 0.15) is 0 Å². The molecule has 0 spiro atoms. The smallest absolute Gasteiger partial charge is 0.248 e. The molecule has 13 heavy (non-hydrogen) atoms. The van der Waals surface area contributed by atoms with Gasteiger partial charge in [-0.2, -0.15) is 0 Å². The third kappa shape index (κ3) is 6.25. The number of hydrogen-bond acceptors (Lipinski definition) is 1. The number of aromatic nitrogens is 1. The summed E-state index contributed by atoms with van der Waals surface area (Å²) in [5, 5.41) is 0. The molecule has 0 aliphatic heterocycles. The Morgan fingerprint density at radius 2 is 2.15 bits per heavy atom. The second-order valence-corrected chi connectivity index (χ2v) is 2.28. The molecule has 2 nitrogen and oxygen atoms in total. The molecule has 1 aromatic heterocycles. The molecule has 0 bridgehead atoms. The van der Waals surface area contributed by atoms with Crippen LogP contribution in [0.5, 0.6) is 0 Å². The highest BCUT2D eigenvalue weighted by molar-refractivity contribution is 15.0. The third-order valence-electron chi connectivity index (χ3n) is 1.32. The van der Waals surface area contributed by atoms with Gasteiger partial charge in [0.25, 0.3) is 0 Å². The molecule has 0 amide bonds. The Kier molecular flexibility index (Phi) is 8.84. The highest BCUT2D eigenvalue weighted by atomic mass is 128. The first-order valence-electron chi connectivity index (χ1n) is 3.83. The molecular weight excluding hydrogens is 392 g/mol. The highest BCUT2D eigenvalue weighted by Gasteiger charge is 1.84. The standard InChI is InChI=1S/C9H11NO.I2/c1-2-3-5-8-6-4-7-9(11)10-8;1-2/h3-7H,2H2,1H3,(H,10,11);/b5-3+;. The zero-order valence-electron chi connectivity index (χ0n) is 7.26. The number of pyridine rings is 1. The predicted molar refractivity (Wildman–Crippen MR) is 74.4 cm³/mol. The zero-order chi connectivity index (χ0) is 10.1. The van der Waals surface area contributed by atoms with Crippen LogP contribution in [-0.4, -0.2) is 4.98 Å². The Labute approximate surface area is 101 Å². The van der Waals surface area contributed by atoms with Crippen LogP contribution in [0.3, 0.4) is 0 Å². The van der Waals surface area contributed by atoms with Crippen LogP contribution in [0, 0.1) is 0 Å². The topological polar surface area (TPSA) is 32.9 Å². The highest BCUT2D eigenvalue weighted by Crippen LogP contribution is 1.94. The van der Waals surface area contributed by atoms with E-state index in [4.69, 9.17) is 0 Å². The number of hydrogen-bond donors (Lipinski definition) is 1. The van der Waals surface area contributed by atoms with Crippen molar-refractivity contribution in [2.75, 3.05) is 0 Å². The van der Waals surface area contributed by atoms with Gasteiger partial charge in [-0.25, -0.2) is 0 Å². The van der Waals surface area contributed by atoms with Crippen LogP contribution in [-0.2, 0) is 0 Å². The van der Waals surface area contributed by atoms with Crippen LogP contribution in [0.2, 0.25) is 0 Å². The van der Waals surface area contributed by atoms with Crippen LogP contribution in [0.4, 0.5) is 0 Å². The molecule has 0 atom stereocenters. The molecule has 1 aromatic rings. The molecule has 72 valence electrons. The largest absolute Gasteiger partial charge is 0.323 e. The lowest BCUT2D eigenvalue weighted by molar-refractivity contribution is 1.19. The number of nitrogens with one attached hydrogen (secondary N) is 1. The van der Waals surface area contributed by atoms with Crippen molar-refractivity contribution in [2.24, 2.45) is 0 Å². The van der Waals surface area contributed by atoms with Crippen molar-refractivity contribution < 1.29 is 0 Å². The van der Waals surface area contributed by atoms with E-state index in [2.05, 4.69) is 49.1 Å². The molecule has 0 saturated heterocycles. The summed E-state index contributed by atoms with van der Waals surface area (Å²) in [5.41, 5.74) is 0.808. The lowest BCUT2D eigenvalue weighted by Crippen LogP contribution is -2.03. The Bertz CT molecular complexity index is 306. The summed E-state index contributed by atoms with van der Waals surface area (Å²) in [6.45, 7) is 2.05. The van der Waals surface area contributed by atoms with E-state index in [1.807, 2.05) is 18.2 Å². The summed E-state index contributed by atoms with van der Waals surface area (Å²) in [4.78, 5) is 13.5. The van der Waals surface area contributed by atoms with Gasteiger partial charge in [0, 0.05) is 49.0 Å². The first kappa shape index (κ1) is 13.2. The molecule has 0 aromatic carbocycles. The number of aromatic amines is 1. The maximum Gasteiger partial charge on any atom is 0.248 e. The minimum Gasteiger partial charge on any atom is -0.323 e. The van der Waals surface area contributed by atoms with E-state index in [1.165, 1.54) is 6.07 Å². The fourth-order valence-electron chi connectivity index (χ4n) is 0.807. The number of rotatable bonds is 2. The minimum absolute atomic E-state index is 0.0525. The van der Waals surface area contributed by atoms with Gasteiger partial charge in [-0.3, -0.25) is 4.79 Å². The second kappa shape index (κ2) is 8.74. The first-order valence-corrected chi connectivity index (χ1v) is 10.1. The summed E-state index contributed by atoms with van der Waals surface area (Å²) >= 11 is 4.24. The molecular formula is C9H11I2NO. The number of halogens is 2. The molecule has 0 radical (unpaired) electrons. The molecule has 0 saturated carbocycles. The quantitative estimate of drug-likeness (QED) is 0.753. The SMILES string of the molecule is CC/C=C/c1cccc(=O)[nH]1.II. The van der Waals surface area contributed by atoms with Crippen LogP contribution in [0.1, 0.15) is 19.0 Å². The summed E-state index contributed by atoms with van der Waals surface area (Å²) in [5.74, 6) is 0. The lowest BCUT2D eigenvalue weighted by Gasteiger charge is -1.89. The van der Waals surface area contributed by atoms with Crippen molar-refractivity contribution in [3.63, 3.8) is 0 Å².